The lowest BCUT2D eigenvalue weighted by molar-refractivity contribution is -0.156. The Labute approximate surface area is 161 Å². The zero-order valence-electron chi connectivity index (χ0n) is 16.6. The maximum atomic E-state index is 14.6. The van der Waals surface area contributed by atoms with Crippen molar-refractivity contribution in [1.82, 2.24) is 0 Å². The fourth-order valence-corrected chi connectivity index (χ4v) is 5.73. The third-order valence-corrected chi connectivity index (χ3v) is 7.43. The van der Waals surface area contributed by atoms with Crippen molar-refractivity contribution < 1.29 is 22.3 Å². The van der Waals surface area contributed by atoms with Crippen LogP contribution in [0.25, 0.3) is 0 Å². The topological polar surface area (TPSA) is 9.23 Å². The summed E-state index contributed by atoms with van der Waals surface area (Å²) < 4.78 is 60.1. The van der Waals surface area contributed by atoms with E-state index in [2.05, 4.69) is 6.92 Å². The molecule has 1 nitrogen and oxygen atoms in total. The standard InChI is InChI=1S/C22H36F4O/c1-2-3-14-4-6-15(7-5-14)16-8-10-17(11-9-16)22(26)27-18-12-19(23)21(25)20(24)13-18/h14-22H,2-13H2,1H3/t14-,15-,16-,17-,18?,19?,20?,21?,22?. The van der Waals surface area contributed by atoms with Crippen LogP contribution in [0.2, 0.25) is 0 Å². The molecule has 27 heavy (non-hydrogen) atoms. The Bertz CT molecular complexity index is 420. The van der Waals surface area contributed by atoms with Gasteiger partial charge in [0.15, 0.2) is 6.17 Å². The average molecular weight is 393 g/mol. The van der Waals surface area contributed by atoms with Crippen LogP contribution in [-0.2, 0) is 4.74 Å². The molecule has 0 amide bonds. The quantitative estimate of drug-likeness (QED) is 0.447. The van der Waals surface area contributed by atoms with Gasteiger partial charge in [0.25, 0.3) is 0 Å². The first-order valence-corrected chi connectivity index (χ1v) is 11.2. The summed E-state index contributed by atoms with van der Waals surface area (Å²) in [5.41, 5.74) is 0. The van der Waals surface area contributed by atoms with E-state index in [1.165, 1.54) is 38.5 Å². The Kier molecular flexibility index (Phi) is 7.87. The summed E-state index contributed by atoms with van der Waals surface area (Å²) >= 11 is 0. The van der Waals surface area contributed by atoms with Gasteiger partial charge in [-0.15, -0.1) is 0 Å². The minimum absolute atomic E-state index is 0.183. The fourth-order valence-electron chi connectivity index (χ4n) is 5.73. The second kappa shape index (κ2) is 9.93. The third-order valence-electron chi connectivity index (χ3n) is 7.43. The van der Waals surface area contributed by atoms with Gasteiger partial charge < -0.3 is 4.74 Å². The number of rotatable bonds is 6. The molecule has 5 heteroatoms. The van der Waals surface area contributed by atoms with Crippen LogP contribution in [0.4, 0.5) is 17.6 Å². The van der Waals surface area contributed by atoms with E-state index in [-0.39, 0.29) is 18.8 Å². The smallest absolute Gasteiger partial charge is 0.201 e. The molecule has 3 atom stereocenters. The van der Waals surface area contributed by atoms with Gasteiger partial charge in [0, 0.05) is 18.8 Å². The fraction of sp³-hybridized carbons (Fsp3) is 1.00. The summed E-state index contributed by atoms with van der Waals surface area (Å²) in [6.07, 6.45) is 2.94. The first-order chi connectivity index (χ1) is 13.0. The van der Waals surface area contributed by atoms with Gasteiger partial charge >= 0.3 is 0 Å². The molecule has 3 saturated carbocycles. The van der Waals surface area contributed by atoms with Crippen molar-refractivity contribution in [1.29, 1.82) is 0 Å². The van der Waals surface area contributed by atoms with Crippen molar-refractivity contribution in [2.24, 2.45) is 23.7 Å². The van der Waals surface area contributed by atoms with Gasteiger partial charge in [-0.25, -0.2) is 17.6 Å². The molecule has 0 aromatic heterocycles. The SMILES string of the molecule is CCC[C@H]1CC[C@H]([C@H]2CC[C@H](C(F)OC3CC(F)C(F)C(F)C3)CC2)CC1. The number of ether oxygens (including phenoxy) is 1. The molecule has 0 aliphatic heterocycles. The van der Waals surface area contributed by atoms with Crippen LogP contribution >= 0.6 is 0 Å². The molecule has 0 aromatic carbocycles. The van der Waals surface area contributed by atoms with E-state index in [1.54, 1.807) is 0 Å². The Morgan fingerprint density at radius 2 is 1.33 bits per heavy atom. The van der Waals surface area contributed by atoms with Gasteiger partial charge in [0.1, 0.15) is 12.3 Å². The molecule has 0 radical (unpaired) electrons. The van der Waals surface area contributed by atoms with Gasteiger partial charge in [0.2, 0.25) is 6.36 Å². The molecule has 0 N–H and O–H groups in total. The Hall–Kier alpha value is -0.320. The first-order valence-electron chi connectivity index (χ1n) is 11.2. The van der Waals surface area contributed by atoms with Crippen LogP contribution in [0.3, 0.4) is 0 Å². The molecule has 3 aliphatic rings. The second-order valence-electron chi connectivity index (χ2n) is 9.30. The summed E-state index contributed by atoms with van der Waals surface area (Å²) in [4.78, 5) is 0. The lowest BCUT2D eigenvalue weighted by Crippen LogP contribution is -2.42. The van der Waals surface area contributed by atoms with Gasteiger partial charge in [0.05, 0.1) is 6.10 Å². The van der Waals surface area contributed by atoms with Crippen molar-refractivity contribution in [2.75, 3.05) is 0 Å². The van der Waals surface area contributed by atoms with Gasteiger partial charge in [-0.05, 0) is 56.3 Å². The molecule has 158 valence electrons. The molecule has 0 heterocycles. The van der Waals surface area contributed by atoms with Crippen LogP contribution in [0.15, 0.2) is 0 Å². The van der Waals surface area contributed by atoms with Crippen molar-refractivity contribution in [3.63, 3.8) is 0 Å². The van der Waals surface area contributed by atoms with Gasteiger partial charge in [-0.1, -0.05) is 32.6 Å². The summed E-state index contributed by atoms with van der Waals surface area (Å²) in [6, 6.07) is 0. The van der Waals surface area contributed by atoms with E-state index >= 15 is 0 Å². The number of halogens is 4. The molecule has 3 unspecified atom stereocenters. The van der Waals surface area contributed by atoms with Crippen molar-refractivity contribution in [3.05, 3.63) is 0 Å². The highest BCUT2D eigenvalue weighted by Gasteiger charge is 2.41. The first kappa shape index (κ1) is 21.4. The van der Waals surface area contributed by atoms with Gasteiger partial charge in [-0.3, -0.25) is 0 Å². The van der Waals surface area contributed by atoms with Crippen molar-refractivity contribution in [2.45, 2.75) is 115 Å². The van der Waals surface area contributed by atoms with Crippen molar-refractivity contribution in [3.8, 4) is 0 Å². The van der Waals surface area contributed by atoms with E-state index in [0.29, 0.717) is 5.92 Å². The zero-order chi connectivity index (χ0) is 19.4. The molecule has 0 spiro atoms. The van der Waals surface area contributed by atoms with Crippen LogP contribution in [0.5, 0.6) is 0 Å². The minimum Gasteiger partial charge on any atom is -0.344 e. The largest absolute Gasteiger partial charge is 0.344 e. The van der Waals surface area contributed by atoms with E-state index < -0.39 is 31.0 Å². The monoisotopic (exact) mass is 392 g/mol. The highest BCUT2D eigenvalue weighted by molar-refractivity contribution is 4.88. The Morgan fingerprint density at radius 1 is 0.815 bits per heavy atom. The molecule has 3 fully saturated rings. The summed E-state index contributed by atoms with van der Waals surface area (Å²) in [5, 5.41) is 0. The Balaban J connectivity index is 1.39. The molecule has 0 bridgehead atoms. The minimum atomic E-state index is -2.09. The normalized spacial score (nSPS) is 44.8. The van der Waals surface area contributed by atoms with E-state index in [1.807, 2.05) is 0 Å². The van der Waals surface area contributed by atoms with Crippen LogP contribution in [-0.4, -0.2) is 31.0 Å². The average Bonchev–Trinajstić information content (AvgIpc) is 2.67. The van der Waals surface area contributed by atoms with Crippen LogP contribution in [0.1, 0.15) is 84.0 Å². The number of hydrogen-bond acceptors (Lipinski definition) is 1. The molecule has 0 aromatic rings. The summed E-state index contributed by atoms with van der Waals surface area (Å²) in [6.45, 7) is 2.26. The van der Waals surface area contributed by atoms with Crippen molar-refractivity contribution >= 4 is 0 Å². The lowest BCUT2D eigenvalue weighted by atomic mass is 9.68. The predicted octanol–water partition coefficient (Wildman–Crippen LogP) is 6.89. The number of hydrogen-bond donors (Lipinski definition) is 0. The van der Waals surface area contributed by atoms with E-state index in [4.69, 9.17) is 4.74 Å². The highest BCUT2D eigenvalue weighted by atomic mass is 19.2. The molecule has 3 rings (SSSR count). The maximum absolute atomic E-state index is 14.6. The molecule has 3 aliphatic carbocycles. The summed E-state index contributed by atoms with van der Waals surface area (Å²) in [5.74, 6) is 2.21. The third kappa shape index (κ3) is 5.61. The predicted molar refractivity (Wildman–Crippen MR) is 99.5 cm³/mol. The maximum Gasteiger partial charge on any atom is 0.201 e. The molecule has 0 saturated heterocycles. The van der Waals surface area contributed by atoms with E-state index in [0.717, 1.165) is 37.5 Å². The van der Waals surface area contributed by atoms with Gasteiger partial charge in [-0.2, -0.15) is 0 Å². The molecular weight excluding hydrogens is 356 g/mol. The van der Waals surface area contributed by atoms with E-state index in [9.17, 15) is 17.6 Å². The van der Waals surface area contributed by atoms with Crippen LogP contribution < -0.4 is 0 Å². The summed E-state index contributed by atoms with van der Waals surface area (Å²) in [7, 11) is 0. The molecular formula is C22H36F4O. The lowest BCUT2D eigenvalue weighted by Gasteiger charge is -2.39. The Morgan fingerprint density at radius 3 is 1.85 bits per heavy atom. The highest BCUT2D eigenvalue weighted by Crippen LogP contribution is 2.43. The second-order valence-corrected chi connectivity index (χ2v) is 9.30. The number of alkyl halides is 4. The zero-order valence-corrected chi connectivity index (χ0v) is 16.6. The van der Waals surface area contributed by atoms with Crippen LogP contribution in [0, 0.1) is 23.7 Å².